The predicted molar refractivity (Wildman–Crippen MR) is 79.9 cm³/mol. The van der Waals surface area contributed by atoms with Crippen molar-refractivity contribution >= 4 is 27.5 Å². The van der Waals surface area contributed by atoms with Gasteiger partial charge in [-0.25, -0.2) is 18.4 Å². The second kappa shape index (κ2) is 6.23. The smallest absolute Gasteiger partial charge is 0.223 e. The van der Waals surface area contributed by atoms with E-state index in [4.69, 9.17) is 0 Å². The number of aromatic nitrogens is 2. The maximum absolute atomic E-state index is 11.4. The van der Waals surface area contributed by atoms with Crippen LogP contribution >= 0.6 is 11.8 Å². The quantitative estimate of drug-likeness (QED) is 0.855. The number of hydrogen-bond acceptors (Lipinski definition) is 6. The van der Waals surface area contributed by atoms with Gasteiger partial charge in [-0.05, 0) is 37.3 Å². The molecular weight excluding hydrogens is 294 g/mol. The highest BCUT2D eigenvalue weighted by atomic mass is 32.2. The minimum absolute atomic E-state index is 0.317. The molecule has 0 aliphatic heterocycles. The molecule has 0 atom stereocenters. The zero-order valence-corrected chi connectivity index (χ0v) is 12.8. The maximum Gasteiger partial charge on any atom is 0.223 e. The Morgan fingerprint density at radius 1 is 1.20 bits per heavy atom. The summed E-state index contributed by atoms with van der Waals surface area (Å²) in [6.45, 7) is 2.74. The number of anilines is 1. The van der Waals surface area contributed by atoms with E-state index in [0.717, 1.165) is 16.5 Å². The Kier molecular flexibility index (Phi) is 4.61. The van der Waals surface area contributed by atoms with Crippen LogP contribution in [0, 0.1) is 0 Å². The first-order valence-corrected chi connectivity index (χ1v) is 8.74. The van der Waals surface area contributed by atoms with Gasteiger partial charge in [0.1, 0.15) is 5.03 Å². The Morgan fingerprint density at radius 2 is 1.90 bits per heavy atom. The highest BCUT2D eigenvalue weighted by Crippen LogP contribution is 2.27. The number of nitrogens with one attached hydrogen (secondary N) is 1. The van der Waals surface area contributed by atoms with Crippen molar-refractivity contribution in [1.29, 1.82) is 0 Å². The van der Waals surface area contributed by atoms with Gasteiger partial charge in [-0.1, -0.05) is 11.8 Å². The van der Waals surface area contributed by atoms with Crippen molar-refractivity contribution in [3.05, 3.63) is 36.5 Å². The summed E-state index contributed by atoms with van der Waals surface area (Å²) >= 11 is 1.46. The molecule has 1 heterocycles. The number of nitrogens with zero attached hydrogens (tertiary/aromatic N) is 2. The topological polar surface area (TPSA) is 72.0 Å². The Balaban J connectivity index is 2.16. The second-order valence-corrected chi connectivity index (χ2v) is 7.20. The van der Waals surface area contributed by atoms with Gasteiger partial charge >= 0.3 is 0 Å². The third-order valence-corrected chi connectivity index (χ3v) is 4.51. The average Bonchev–Trinajstić information content (AvgIpc) is 2.39. The van der Waals surface area contributed by atoms with Gasteiger partial charge < -0.3 is 5.32 Å². The number of sulfone groups is 1. The van der Waals surface area contributed by atoms with Crippen molar-refractivity contribution in [1.82, 2.24) is 9.97 Å². The van der Waals surface area contributed by atoms with Crippen LogP contribution in [0.4, 0.5) is 5.95 Å². The monoisotopic (exact) mass is 309 g/mol. The van der Waals surface area contributed by atoms with Gasteiger partial charge in [-0.2, -0.15) is 0 Å². The Bertz CT molecular complexity index is 685. The lowest BCUT2D eigenvalue weighted by atomic mass is 10.4. The van der Waals surface area contributed by atoms with Gasteiger partial charge in [0.2, 0.25) is 5.95 Å². The molecule has 7 heteroatoms. The molecule has 0 amide bonds. The molecule has 1 aromatic heterocycles. The van der Waals surface area contributed by atoms with E-state index in [0.29, 0.717) is 10.8 Å². The van der Waals surface area contributed by atoms with Crippen molar-refractivity contribution in [2.75, 3.05) is 18.1 Å². The van der Waals surface area contributed by atoms with Crippen molar-refractivity contribution in [3.8, 4) is 0 Å². The van der Waals surface area contributed by atoms with Crippen LogP contribution in [0.25, 0.3) is 0 Å². The summed E-state index contributed by atoms with van der Waals surface area (Å²) in [7, 11) is -3.15. The Labute approximate surface area is 122 Å². The summed E-state index contributed by atoms with van der Waals surface area (Å²) < 4.78 is 22.8. The number of benzene rings is 1. The molecule has 20 heavy (non-hydrogen) atoms. The van der Waals surface area contributed by atoms with E-state index >= 15 is 0 Å². The van der Waals surface area contributed by atoms with Crippen LogP contribution in [-0.2, 0) is 9.84 Å². The van der Waals surface area contributed by atoms with Crippen LogP contribution < -0.4 is 5.32 Å². The molecule has 0 bridgehead atoms. The molecule has 0 saturated heterocycles. The fourth-order valence-electron chi connectivity index (χ4n) is 1.52. The van der Waals surface area contributed by atoms with E-state index in [2.05, 4.69) is 15.3 Å². The second-order valence-electron chi connectivity index (χ2n) is 4.09. The SMILES string of the molecule is CCNc1nccc(Sc2ccc(S(C)(=O)=O)cc2)n1. The molecule has 0 unspecified atom stereocenters. The lowest BCUT2D eigenvalue weighted by Gasteiger charge is -2.05. The third-order valence-electron chi connectivity index (χ3n) is 2.44. The first-order chi connectivity index (χ1) is 9.49. The molecule has 0 aliphatic carbocycles. The molecule has 5 nitrogen and oxygen atoms in total. The molecule has 1 N–H and O–H groups in total. The van der Waals surface area contributed by atoms with Gasteiger partial charge in [0.05, 0.1) is 4.90 Å². The summed E-state index contributed by atoms with van der Waals surface area (Å²) in [6.07, 6.45) is 2.89. The fraction of sp³-hybridized carbons (Fsp3) is 0.231. The minimum Gasteiger partial charge on any atom is -0.354 e. The van der Waals surface area contributed by atoms with E-state index in [-0.39, 0.29) is 0 Å². The molecule has 2 rings (SSSR count). The van der Waals surface area contributed by atoms with E-state index < -0.39 is 9.84 Å². The van der Waals surface area contributed by atoms with E-state index in [1.54, 1.807) is 30.5 Å². The third kappa shape index (κ3) is 3.94. The van der Waals surface area contributed by atoms with E-state index in [1.165, 1.54) is 18.0 Å². The normalized spacial score (nSPS) is 11.3. The first kappa shape index (κ1) is 14.8. The van der Waals surface area contributed by atoms with Crippen LogP contribution in [-0.4, -0.2) is 31.2 Å². The summed E-state index contributed by atoms with van der Waals surface area (Å²) in [6, 6.07) is 8.57. The number of hydrogen-bond donors (Lipinski definition) is 1. The Hall–Kier alpha value is -1.60. The van der Waals surface area contributed by atoms with Gasteiger partial charge in [-0.15, -0.1) is 0 Å². The highest BCUT2D eigenvalue weighted by molar-refractivity contribution is 7.99. The summed E-state index contributed by atoms with van der Waals surface area (Å²) in [5.41, 5.74) is 0. The maximum atomic E-state index is 11.4. The zero-order chi connectivity index (χ0) is 14.6. The van der Waals surface area contributed by atoms with Crippen molar-refractivity contribution in [3.63, 3.8) is 0 Å². The van der Waals surface area contributed by atoms with Gasteiger partial charge in [0.15, 0.2) is 9.84 Å². The molecule has 0 radical (unpaired) electrons. The summed E-state index contributed by atoms with van der Waals surface area (Å²) in [4.78, 5) is 9.70. The molecule has 0 saturated carbocycles. The van der Waals surface area contributed by atoms with Crippen molar-refractivity contribution in [2.24, 2.45) is 0 Å². The molecule has 106 valence electrons. The molecule has 0 aliphatic rings. The molecular formula is C13H15N3O2S2. The first-order valence-electron chi connectivity index (χ1n) is 6.04. The summed E-state index contributed by atoms with van der Waals surface area (Å²) in [5, 5.41) is 3.86. The van der Waals surface area contributed by atoms with Crippen LogP contribution in [0.15, 0.2) is 51.3 Å². The highest BCUT2D eigenvalue weighted by Gasteiger charge is 2.07. The lowest BCUT2D eigenvalue weighted by Crippen LogP contribution is -2.01. The lowest BCUT2D eigenvalue weighted by molar-refractivity contribution is 0.602. The standard InChI is InChI=1S/C13H15N3O2S2/c1-3-14-13-15-9-8-12(16-13)19-10-4-6-11(7-5-10)20(2,17)18/h4-9H,3H2,1-2H3,(H,14,15,16). The van der Waals surface area contributed by atoms with E-state index in [9.17, 15) is 8.42 Å². The van der Waals surface area contributed by atoms with Crippen molar-refractivity contribution in [2.45, 2.75) is 21.7 Å². The fourth-order valence-corrected chi connectivity index (χ4v) is 2.92. The summed E-state index contributed by atoms with van der Waals surface area (Å²) in [5.74, 6) is 0.588. The van der Waals surface area contributed by atoms with Crippen LogP contribution in [0.5, 0.6) is 0 Å². The van der Waals surface area contributed by atoms with Gasteiger partial charge in [0, 0.05) is 23.9 Å². The Morgan fingerprint density at radius 3 is 2.50 bits per heavy atom. The van der Waals surface area contributed by atoms with Crippen LogP contribution in [0.3, 0.4) is 0 Å². The predicted octanol–water partition coefficient (Wildman–Crippen LogP) is 2.46. The average molecular weight is 309 g/mol. The molecule has 0 fully saturated rings. The molecule has 0 spiro atoms. The van der Waals surface area contributed by atoms with Crippen LogP contribution in [0.1, 0.15) is 6.92 Å². The minimum atomic E-state index is -3.15. The van der Waals surface area contributed by atoms with Crippen LogP contribution in [0.2, 0.25) is 0 Å². The van der Waals surface area contributed by atoms with E-state index in [1.807, 2.05) is 13.0 Å². The zero-order valence-electron chi connectivity index (χ0n) is 11.2. The van der Waals surface area contributed by atoms with Gasteiger partial charge in [-0.3, -0.25) is 0 Å². The van der Waals surface area contributed by atoms with Gasteiger partial charge in [0.25, 0.3) is 0 Å². The van der Waals surface area contributed by atoms with Crippen molar-refractivity contribution < 1.29 is 8.42 Å². The molecule has 2 aromatic rings. The largest absolute Gasteiger partial charge is 0.354 e. The number of rotatable bonds is 5. The molecule has 1 aromatic carbocycles.